The molecule has 0 saturated heterocycles. The molecule has 156 valence electrons. The molecule has 0 aliphatic carbocycles. The van der Waals surface area contributed by atoms with Gasteiger partial charge in [-0.25, -0.2) is 4.31 Å². The van der Waals surface area contributed by atoms with Gasteiger partial charge in [0.15, 0.2) is 0 Å². The van der Waals surface area contributed by atoms with Crippen molar-refractivity contribution in [1.29, 1.82) is 5.41 Å². The van der Waals surface area contributed by atoms with E-state index in [-0.39, 0.29) is 0 Å². The number of nitrogens with zero attached hydrogens (tertiary/aromatic N) is 2. The van der Waals surface area contributed by atoms with E-state index in [1.54, 1.807) is 18.2 Å². The second kappa shape index (κ2) is 10.5. The highest BCUT2D eigenvalue weighted by Crippen LogP contribution is 2.29. The van der Waals surface area contributed by atoms with Crippen molar-refractivity contribution in [3.05, 3.63) is 75.9 Å². The third-order valence-electron chi connectivity index (χ3n) is 3.96. The number of ether oxygens (including phenoxy) is 1. The largest absolute Gasteiger partial charge is 0.489 e. The van der Waals surface area contributed by atoms with Crippen molar-refractivity contribution in [2.24, 2.45) is 5.73 Å². The molecule has 0 aliphatic heterocycles. The average Bonchev–Trinajstić information content (AvgIpc) is 3.17. The summed E-state index contributed by atoms with van der Waals surface area (Å²) in [5.41, 5.74) is 8.91. The van der Waals surface area contributed by atoms with Gasteiger partial charge < -0.3 is 20.4 Å². The van der Waals surface area contributed by atoms with Gasteiger partial charge in [-0.1, -0.05) is 46.6 Å². The van der Waals surface area contributed by atoms with E-state index in [4.69, 9.17) is 43.6 Å². The normalized spacial score (nSPS) is 11.7. The number of benzene rings is 2. The fraction of sp³-hybridized carbons (Fsp3) is 0.143. The van der Waals surface area contributed by atoms with E-state index in [1.165, 1.54) is 11.9 Å². The number of likely N-dealkylation sites (N-methyl/N-ethyl adjacent to an activating group) is 1. The Hall–Kier alpha value is -2.45. The van der Waals surface area contributed by atoms with Crippen molar-refractivity contribution in [1.82, 2.24) is 9.46 Å². The van der Waals surface area contributed by atoms with E-state index < -0.39 is 0 Å². The van der Waals surface area contributed by atoms with Gasteiger partial charge in [0.25, 0.3) is 0 Å². The van der Waals surface area contributed by atoms with Gasteiger partial charge in [-0.2, -0.15) is 0 Å². The molecule has 0 saturated carbocycles. The van der Waals surface area contributed by atoms with Gasteiger partial charge >= 0.3 is 0 Å². The van der Waals surface area contributed by atoms with Crippen molar-refractivity contribution in [2.45, 2.75) is 11.7 Å². The third-order valence-corrected chi connectivity index (χ3v) is 5.51. The van der Waals surface area contributed by atoms with Gasteiger partial charge in [0, 0.05) is 30.1 Å². The van der Waals surface area contributed by atoms with Crippen molar-refractivity contribution < 1.29 is 9.26 Å². The van der Waals surface area contributed by atoms with Crippen LogP contribution < -0.4 is 10.5 Å². The van der Waals surface area contributed by atoms with E-state index in [0.717, 1.165) is 17.3 Å². The van der Waals surface area contributed by atoms with Crippen LogP contribution in [0.3, 0.4) is 0 Å². The van der Waals surface area contributed by atoms with E-state index in [0.29, 0.717) is 45.4 Å². The predicted molar refractivity (Wildman–Crippen MR) is 122 cm³/mol. The van der Waals surface area contributed by atoms with E-state index in [9.17, 15) is 0 Å². The van der Waals surface area contributed by atoms with Crippen LogP contribution >= 0.6 is 35.1 Å². The molecule has 1 aromatic heterocycles. The molecule has 0 fully saturated rings. The van der Waals surface area contributed by atoms with E-state index in [2.05, 4.69) is 5.16 Å². The minimum absolute atomic E-state index is 0.371. The quantitative estimate of drug-likeness (QED) is 0.315. The highest BCUT2D eigenvalue weighted by molar-refractivity contribution is 7.96. The minimum Gasteiger partial charge on any atom is -0.489 e. The highest BCUT2D eigenvalue weighted by Gasteiger charge is 2.11. The molecule has 0 radical (unpaired) electrons. The number of allylic oxidation sites excluding steroid dienone is 1. The lowest BCUT2D eigenvalue weighted by atomic mass is 10.1. The Labute approximate surface area is 189 Å². The van der Waals surface area contributed by atoms with Crippen LogP contribution in [0.25, 0.3) is 11.3 Å². The van der Waals surface area contributed by atoms with E-state index in [1.807, 2.05) is 47.8 Å². The monoisotopic (exact) mass is 462 g/mol. The fourth-order valence-electron chi connectivity index (χ4n) is 2.58. The Balaban J connectivity index is 1.63. The standard InChI is InChI=1S/C21H20Cl2N4O2S/c1-27(12-16(25)7-8-24)30-21-11-20(26-29-21)15-3-2-4-17(10-15)28-13-14-5-6-18(22)19(23)9-14/h2-11,24H,12-13,25H2,1H3/b16-7-,24-8?. The first kappa shape index (κ1) is 22.2. The number of hydrogen-bond donors (Lipinski definition) is 2. The third kappa shape index (κ3) is 6.27. The molecule has 3 N–H and O–H groups in total. The molecular weight excluding hydrogens is 443 g/mol. The second-order valence-electron chi connectivity index (χ2n) is 6.38. The lowest BCUT2D eigenvalue weighted by Gasteiger charge is -2.12. The lowest BCUT2D eigenvalue weighted by molar-refractivity contribution is 0.306. The topological polar surface area (TPSA) is 88.4 Å². The first-order valence-electron chi connectivity index (χ1n) is 8.92. The SMILES string of the molecule is CN(C/C(N)=C/C=N)Sc1cc(-c2cccc(OCc3ccc(Cl)c(Cl)c3)c2)no1. The summed E-state index contributed by atoms with van der Waals surface area (Å²) in [5.74, 6) is 0.706. The molecule has 0 bridgehead atoms. The molecule has 1 heterocycles. The Kier molecular flexibility index (Phi) is 7.81. The number of aromatic nitrogens is 1. The van der Waals surface area contributed by atoms with Crippen molar-refractivity contribution in [3.63, 3.8) is 0 Å². The van der Waals surface area contributed by atoms with Gasteiger partial charge in [-0.15, -0.1) is 0 Å². The zero-order chi connectivity index (χ0) is 21.5. The van der Waals surface area contributed by atoms with Crippen LogP contribution in [0.4, 0.5) is 0 Å². The van der Waals surface area contributed by atoms with Crippen LogP contribution in [0.2, 0.25) is 10.0 Å². The zero-order valence-electron chi connectivity index (χ0n) is 16.1. The zero-order valence-corrected chi connectivity index (χ0v) is 18.5. The average molecular weight is 463 g/mol. The molecule has 3 rings (SSSR count). The van der Waals surface area contributed by atoms with Gasteiger partial charge in [0.2, 0.25) is 5.09 Å². The summed E-state index contributed by atoms with van der Waals surface area (Å²) in [6.45, 7) is 0.865. The molecule has 0 spiro atoms. The maximum atomic E-state index is 7.05. The number of rotatable bonds is 9. The van der Waals surface area contributed by atoms with Crippen LogP contribution in [0.15, 0.2) is 69.9 Å². The number of nitrogens with one attached hydrogen (secondary N) is 1. The Morgan fingerprint density at radius 3 is 2.83 bits per heavy atom. The Morgan fingerprint density at radius 1 is 1.23 bits per heavy atom. The summed E-state index contributed by atoms with van der Waals surface area (Å²) < 4.78 is 13.2. The van der Waals surface area contributed by atoms with Crippen LogP contribution in [0.5, 0.6) is 5.75 Å². The summed E-state index contributed by atoms with van der Waals surface area (Å²) in [7, 11) is 1.88. The molecule has 0 atom stereocenters. The molecule has 6 nitrogen and oxygen atoms in total. The summed E-state index contributed by atoms with van der Waals surface area (Å²) in [6.07, 6.45) is 2.71. The van der Waals surface area contributed by atoms with E-state index >= 15 is 0 Å². The first-order valence-corrected chi connectivity index (χ1v) is 10.5. The maximum Gasteiger partial charge on any atom is 0.208 e. The smallest absolute Gasteiger partial charge is 0.208 e. The summed E-state index contributed by atoms with van der Waals surface area (Å²) in [6, 6.07) is 14.9. The molecular formula is C21H20Cl2N4O2S. The molecule has 30 heavy (non-hydrogen) atoms. The van der Waals surface area contributed by atoms with Gasteiger partial charge in [0.05, 0.1) is 10.0 Å². The molecule has 2 aromatic carbocycles. The van der Waals surface area contributed by atoms with Crippen LogP contribution in [0, 0.1) is 5.41 Å². The van der Waals surface area contributed by atoms with Crippen molar-refractivity contribution in [3.8, 4) is 17.0 Å². The van der Waals surface area contributed by atoms with Crippen LogP contribution in [-0.4, -0.2) is 29.3 Å². The number of hydrogen-bond acceptors (Lipinski definition) is 7. The molecule has 9 heteroatoms. The van der Waals surface area contributed by atoms with Crippen molar-refractivity contribution >= 4 is 41.4 Å². The maximum absolute atomic E-state index is 7.05. The van der Waals surface area contributed by atoms with Gasteiger partial charge in [-0.3, -0.25) is 0 Å². The summed E-state index contributed by atoms with van der Waals surface area (Å²) in [4.78, 5) is 0. The number of nitrogens with two attached hydrogens (primary N) is 1. The summed E-state index contributed by atoms with van der Waals surface area (Å²) in [5, 5.41) is 12.8. The van der Waals surface area contributed by atoms with Crippen LogP contribution in [0.1, 0.15) is 5.56 Å². The first-order chi connectivity index (χ1) is 14.4. The fourth-order valence-corrected chi connectivity index (χ4v) is 3.66. The molecule has 0 unspecified atom stereocenters. The Morgan fingerprint density at radius 2 is 2.07 bits per heavy atom. The van der Waals surface area contributed by atoms with Gasteiger partial charge in [0.1, 0.15) is 18.1 Å². The molecule has 0 aliphatic rings. The van der Waals surface area contributed by atoms with Gasteiger partial charge in [-0.05, 0) is 54.9 Å². The minimum atomic E-state index is 0.371. The highest BCUT2D eigenvalue weighted by atomic mass is 35.5. The Bertz CT molecular complexity index is 1050. The van der Waals surface area contributed by atoms with Crippen molar-refractivity contribution in [2.75, 3.05) is 13.6 Å². The second-order valence-corrected chi connectivity index (χ2v) is 8.40. The lowest BCUT2D eigenvalue weighted by Crippen LogP contribution is -2.17. The number of halogens is 2. The molecule has 3 aromatic rings. The van der Waals surface area contributed by atoms with Crippen LogP contribution in [-0.2, 0) is 6.61 Å². The molecule has 0 amide bonds. The summed E-state index contributed by atoms with van der Waals surface area (Å²) >= 11 is 13.4. The predicted octanol–water partition coefficient (Wildman–Crippen LogP) is 5.66.